The molecule has 2 fully saturated rings. The van der Waals surface area contributed by atoms with Crippen molar-refractivity contribution in [2.24, 2.45) is 23.7 Å². The molecule has 2 aliphatic rings. The third-order valence-corrected chi connectivity index (χ3v) is 11.0. The molecular formula is C40H58O4. The first-order valence-corrected chi connectivity index (χ1v) is 17.7. The van der Waals surface area contributed by atoms with Gasteiger partial charge in [-0.2, -0.15) is 0 Å². The Morgan fingerprint density at radius 1 is 0.864 bits per heavy atom. The summed E-state index contributed by atoms with van der Waals surface area (Å²) in [4.78, 5) is 11.9. The van der Waals surface area contributed by atoms with Crippen LogP contribution in [-0.2, 0) is 28.8 Å². The molecule has 0 bridgehead atoms. The smallest absolute Gasteiger partial charge is 0.335 e. The molecule has 1 unspecified atom stereocenters. The Hall–Kier alpha value is -2.43. The second kappa shape index (κ2) is 17.3. The third-order valence-electron chi connectivity index (χ3n) is 11.0. The molecular weight excluding hydrogens is 544 g/mol. The van der Waals surface area contributed by atoms with Crippen LogP contribution in [0.25, 0.3) is 11.1 Å². The van der Waals surface area contributed by atoms with E-state index in [2.05, 4.69) is 63.7 Å². The molecule has 2 N–H and O–H groups in total. The Kier molecular flexibility index (Phi) is 13.6. The zero-order valence-corrected chi connectivity index (χ0v) is 27.8. The normalized spacial score (nSPS) is 22.8. The second-order valence-corrected chi connectivity index (χ2v) is 13.7. The molecule has 242 valence electrons. The highest BCUT2D eigenvalue weighted by Crippen LogP contribution is 2.46. The summed E-state index contributed by atoms with van der Waals surface area (Å²) < 4.78 is 5.32. The van der Waals surface area contributed by atoms with E-state index in [1.807, 2.05) is 0 Å². The van der Waals surface area contributed by atoms with Gasteiger partial charge in [-0.05, 0) is 134 Å². The van der Waals surface area contributed by atoms with Crippen LogP contribution in [0.5, 0.6) is 0 Å². The van der Waals surface area contributed by atoms with Crippen molar-refractivity contribution in [2.75, 3.05) is 19.8 Å². The quantitative estimate of drug-likeness (QED) is 0.121. The van der Waals surface area contributed by atoms with Gasteiger partial charge in [0, 0.05) is 12.5 Å². The summed E-state index contributed by atoms with van der Waals surface area (Å²) >= 11 is 0. The van der Waals surface area contributed by atoms with Gasteiger partial charge in [-0.1, -0.05) is 76.6 Å². The average molecular weight is 603 g/mol. The highest BCUT2D eigenvalue weighted by Gasteiger charge is 2.34. The number of benzene rings is 2. The number of hydrogen-bond acceptors (Lipinski definition) is 4. The van der Waals surface area contributed by atoms with Crippen molar-refractivity contribution in [3.05, 3.63) is 70.8 Å². The van der Waals surface area contributed by atoms with Crippen LogP contribution < -0.4 is 0 Å². The number of ether oxygens (including phenoxy) is 1. The summed E-state index contributed by atoms with van der Waals surface area (Å²) in [5.74, 6) is 2.04. The van der Waals surface area contributed by atoms with Crippen molar-refractivity contribution in [3.8, 4) is 11.1 Å². The topological polar surface area (TPSA) is 66.8 Å². The van der Waals surface area contributed by atoms with Crippen LogP contribution in [0, 0.1) is 23.7 Å². The van der Waals surface area contributed by atoms with Crippen LogP contribution in [0.4, 0.5) is 0 Å². The summed E-state index contributed by atoms with van der Waals surface area (Å²) in [6.45, 7) is 10.2. The van der Waals surface area contributed by atoms with E-state index in [9.17, 15) is 9.90 Å². The van der Waals surface area contributed by atoms with Gasteiger partial charge in [0.15, 0.2) is 0 Å². The maximum Gasteiger partial charge on any atom is 0.335 e. The number of aryl methyl sites for hydroxylation is 3. The Balaban J connectivity index is 1.31. The fraction of sp³-hybridized carbons (Fsp3) is 0.625. The van der Waals surface area contributed by atoms with E-state index >= 15 is 0 Å². The van der Waals surface area contributed by atoms with Gasteiger partial charge in [0.25, 0.3) is 0 Å². The summed E-state index contributed by atoms with van der Waals surface area (Å²) in [5.41, 5.74) is 8.91. The molecule has 2 aromatic rings. The highest BCUT2D eigenvalue weighted by molar-refractivity contribution is 5.87. The molecule has 2 aliphatic carbocycles. The minimum atomic E-state index is -0.560. The second-order valence-electron chi connectivity index (χ2n) is 13.7. The van der Waals surface area contributed by atoms with Crippen molar-refractivity contribution >= 4 is 5.97 Å². The molecule has 0 aliphatic heterocycles. The SMILES string of the molecule is C=C(CO)C(=O)OCC(CO)C1CCC(C2CCC(c3ccc(-c4ccc(CCCCC)cc4CC)cc3CC)CC2)CC1. The van der Waals surface area contributed by atoms with E-state index in [1.54, 1.807) is 5.56 Å². The van der Waals surface area contributed by atoms with Crippen LogP contribution in [0.2, 0.25) is 0 Å². The van der Waals surface area contributed by atoms with E-state index in [4.69, 9.17) is 9.84 Å². The molecule has 0 heterocycles. The molecule has 2 aromatic carbocycles. The van der Waals surface area contributed by atoms with E-state index in [1.165, 1.54) is 92.0 Å². The minimum absolute atomic E-state index is 0.0298. The molecule has 4 nitrogen and oxygen atoms in total. The lowest BCUT2D eigenvalue weighted by Crippen LogP contribution is -2.31. The standard InChI is InChI=1S/C40H58O4/c1-5-8-9-10-29-11-21-39(30(6-2)23-29)36-20-22-38(31(7-3)24-36)35-18-16-33(17-19-35)32-12-14-34(15-13-32)37(26-42)27-44-40(43)28(4)25-41/h11,20-24,32-35,37,41-42H,4-10,12-19,25-27H2,1-3H3. The Morgan fingerprint density at radius 2 is 1.55 bits per heavy atom. The zero-order valence-electron chi connectivity index (χ0n) is 27.8. The molecule has 2 saturated carbocycles. The lowest BCUT2D eigenvalue weighted by molar-refractivity contribution is -0.142. The van der Waals surface area contributed by atoms with Gasteiger partial charge >= 0.3 is 5.97 Å². The van der Waals surface area contributed by atoms with Gasteiger partial charge in [-0.25, -0.2) is 4.79 Å². The van der Waals surface area contributed by atoms with Gasteiger partial charge in [0.05, 0.1) is 18.8 Å². The maximum absolute atomic E-state index is 11.9. The molecule has 0 radical (unpaired) electrons. The fourth-order valence-electron chi connectivity index (χ4n) is 8.11. The number of aliphatic hydroxyl groups excluding tert-OH is 2. The predicted octanol–water partition coefficient (Wildman–Crippen LogP) is 8.99. The number of unbranched alkanes of at least 4 members (excludes halogenated alkanes) is 2. The molecule has 4 heteroatoms. The molecule has 1 atom stereocenters. The number of esters is 1. The van der Waals surface area contributed by atoms with Gasteiger partial charge in [0.1, 0.15) is 0 Å². The van der Waals surface area contributed by atoms with Gasteiger partial charge in [-0.15, -0.1) is 0 Å². The number of aliphatic hydroxyl groups is 2. The predicted molar refractivity (Wildman–Crippen MR) is 182 cm³/mol. The highest BCUT2D eigenvalue weighted by atomic mass is 16.5. The third kappa shape index (κ3) is 8.85. The Morgan fingerprint density at radius 3 is 2.16 bits per heavy atom. The van der Waals surface area contributed by atoms with Crippen LogP contribution in [0.15, 0.2) is 48.6 Å². The molecule has 0 amide bonds. The first-order valence-electron chi connectivity index (χ1n) is 17.7. The summed E-state index contributed by atoms with van der Waals surface area (Å²) in [6.07, 6.45) is 17.0. The van der Waals surface area contributed by atoms with Crippen molar-refractivity contribution < 1.29 is 19.7 Å². The molecule has 44 heavy (non-hydrogen) atoms. The number of rotatable bonds is 15. The van der Waals surface area contributed by atoms with E-state index in [0.29, 0.717) is 11.8 Å². The van der Waals surface area contributed by atoms with Gasteiger partial charge < -0.3 is 14.9 Å². The van der Waals surface area contributed by atoms with Gasteiger partial charge in [0.2, 0.25) is 0 Å². The van der Waals surface area contributed by atoms with Crippen molar-refractivity contribution in [3.63, 3.8) is 0 Å². The van der Waals surface area contributed by atoms with Gasteiger partial charge in [-0.3, -0.25) is 0 Å². The van der Waals surface area contributed by atoms with Crippen molar-refractivity contribution in [2.45, 2.75) is 117 Å². The first kappa shape index (κ1) is 34.4. The Labute approximate surface area is 267 Å². The fourth-order valence-corrected chi connectivity index (χ4v) is 8.11. The molecule has 0 spiro atoms. The van der Waals surface area contributed by atoms with E-state index in [-0.39, 0.29) is 24.7 Å². The molecule has 0 saturated heterocycles. The summed E-state index contributed by atoms with van der Waals surface area (Å²) in [6, 6.07) is 14.5. The summed E-state index contributed by atoms with van der Waals surface area (Å²) in [7, 11) is 0. The largest absolute Gasteiger partial charge is 0.462 e. The van der Waals surface area contributed by atoms with Crippen LogP contribution in [0.1, 0.15) is 120 Å². The monoisotopic (exact) mass is 602 g/mol. The molecule has 4 rings (SSSR count). The maximum atomic E-state index is 11.9. The lowest BCUT2D eigenvalue weighted by Gasteiger charge is -2.39. The van der Waals surface area contributed by atoms with Crippen molar-refractivity contribution in [1.29, 1.82) is 0 Å². The first-order chi connectivity index (χ1) is 21.4. The molecule has 0 aromatic heterocycles. The number of carbonyl (C=O) groups excluding carboxylic acids is 1. The minimum Gasteiger partial charge on any atom is -0.462 e. The number of hydrogen-bond donors (Lipinski definition) is 2. The lowest BCUT2D eigenvalue weighted by atomic mass is 9.66. The van der Waals surface area contributed by atoms with E-state index in [0.717, 1.165) is 37.5 Å². The Bertz CT molecular complexity index is 1200. The van der Waals surface area contributed by atoms with E-state index < -0.39 is 12.6 Å². The number of carbonyl (C=O) groups is 1. The summed E-state index contributed by atoms with van der Waals surface area (Å²) in [5, 5.41) is 19.1. The van der Waals surface area contributed by atoms with Crippen LogP contribution >= 0.6 is 0 Å². The van der Waals surface area contributed by atoms with Crippen LogP contribution in [0.3, 0.4) is 0 Å². The average Bonchev–Trinajstić information content (AvgIpc) is 3.08. The van der Waals surface area contributed by atoms with Crippen LogP contribution in [-0.4, -0.2) is 36.0 Å². The van der Waals surface area contributed by atoms with Crippen molar-refractivity contribution in [1.82, 2.24) is 0 Å². The zero-order chi connectivity index (χ0) is 31.5.